The van der Waals surface area contributed by atoms with Crippen LogP contribution in [0.25, 0.3) is 5.78 Å². The van der Waals surface area contributed by atoms with Crippen LogP contribution in [0.1, 0.15) is 31.2 Å². The van der Waals surface area contributed by atoms with Gasteiger partial charge >= 0.3 is 0 Å². The summed E-state index contributed by atoms with van der Waals surface area (Å²) in [5, 5.41) is 14.1. The van der Waals surface area contributed by atoms with Crippen LogP contribution in [-0.4, -0.2) is 25.5 Å². The average molecular weight is 310 g/mol. The maximum Gasteiger partial charge on any atom is 0.233 e. The van der Waals surface area contributed by atoms with E-state index in [0.29, 0.717) is 18.2 Å². The van der Waals surface area contributed by atoms with Gasteiger partial charge in [0.15, 0.2) is 0 Å². The van der Waals surface area contributed by atoms with Crippen molar-refractivity contribution in [2.75, 3.05) is 0 Å². The van der Waals surface area contributed by atoms with Crippen molar-refractivity contribution in [2.24, 2.45) is 5.92 Å². The third-order valence-electron chi connectivity index (χ3n) is 4.00. The highest BCUT2D eigenvalue weighted by atomic mass is 16.3. The molecule has 23 heavy (non-hydrogen) atoms. The van der Waals surface area contributed by atoms with Gasteiger partial charge in [0.05, 0.1) is 11.8 Å². The number of rotatable bonds is 6. The molecule has 5 nitrogen and oxygen atoms in total. The molecular weight excluding hydrogens is 288 g/mol. The highest BCUT2D eigenvalue weighted by molar-refractivity contribution is 5.29. The van der Waals surface area contributed by atoms with E-state index >= 15 is 0 Å². The Balaban J connectivity index is 1.72. The molecule has 0 bridgehead atoms. The minimum absolute atomic E-state index is 0.0461. The Bertz CT molecular complexity index is 721. The molecular formula is C18H22N4O. The van der Waals surface area contributed by atoms with Crippen molar-refractivity contribution < 1.29 is 5.11 Å². The number of nitrogens with one attached hydrogen (secondary N) is 1. The van der Waals surface area contributed by atoms with Crippen LogP contribution in [0, 0.1) is 5.92 Å². The lowest BCUT2D eigenvalue weighted by Crippen LogP contribution is -2.39. The van der Waals surface area contributed by atoms with Crippen LogP contribution in [0.2, 0.25) is 0 Å². The molecule has 1 aromatic carbocycles. The van der Waals surface area contributed by atoms with Crippen LogP contribution in [0.5, 0.6) is 0 Å². The first-order valence-corrected chi connectivity index (χ1v) is 7.90. The Labute approximate surface area is 136 Å². The van der Waals surface area contributed by atoms with Gasteiger partial charge in [-0.05, 0) is 17.5 Å². The fraction of sp³-hybridized carbons (Fsp3) is 0.333. The molecule has 0 saturated carbocycles. The predicted molar refractivity (Wildman–Crippen MR) is 89.9 cm³/mol. The van der Waals surface area contributed by atoms with Gasteiger partial charge in [-0.2, -0.15) is 0 Å². The molecule has 2 heterocycles. The second-order valence-corrected chi connectivity index (χ2v) is 6.07. The molecule has 0 spiro atoms. The van der Waals surface area contributed by atoms with Gasteiger partial charge in [0.25, 0.3) is 0 Å². The van der Waals surface area contributed by atoms with E-state index in [1.807, 2.05) is 53.2 Å². The van der Waals surface area contributed by atoms with Gasteiger partial charge in [-0.15, -0.1) is 0 Å². The lowest BCUT2D eigenvalue weighted by Gasteiger charge is -2.27. The standard InChI is InChI=1S/C18H22N4O/c1-13(2)16(17(23)14-7-4-3-5-8-14)20-11-15-12-22-10-6-9-19-18(22)21-15/h3-10,12-13,16-17,20,23H,11H2,1-2H3. The van der Waals surface area contributed by atoms with E-state index < -0.39 is 6.10 Å². The molecule has 0 aliphatic rings. The summed E-state index contributed by atoms with van der Waals surface area (Å²) >= 11 is 0. The van der Waals surface area contributed by atoms with E-state index in [1.165, 1.54) is 0 Å². The van der Waals surface area contributed by atoms with Crippen molar-refractivity contribution in [3.05, 3.63) is 66.2 Å². The highest BCUT2D eigenvalue weighted by Crippen LogP contribution is 2.22. The second kappa shape index (κ2) is 6.89. The Hall–Kier alpha value is -2.24. The van der Waals surface area contributed by atoms with Crippen LogP contribution in [0.3, 0.4) is 0 Å². The first kappa shape index (κ1) is 15.6. The number of aromatic nitrogens is 3. The van der Waals surface area contributed by atoms with Crippen LogP contribution in [0.15, 0.2) is 55.0 Å². The minimum atomic E-state index is -0.550. The van der Waals surface area contributed by atoms with E-state index in [9.17, 15) is 5.11 Å². The largest absolute Gasteiger partial charge is 0.387 e. The number of aliphatic hydroxyl groups is 1. The summed E-state index contributed by atoms with van der Waals surface area (Å²) < 4.78 is 1.90. The minimum Gasteiger partial charge on any atom is -0.387 e. The summed E-state index contributed by atoms with van der Waals surface area (Å²) in [6.07, 6.45) is 5.07. The quantitative estimate of drug-likeness (QED) is 0.734. The fourth-order valence-corrected chi connectivity index (χ4v) is 2.76. The van der Waals surface area contributed by atoms with E-state index in [-0.39, 0.29) is 6.04 Å². The van der Waals surface area contributed by atoms with Crippen molar-refractivity contribution in [3.63, 3.8) is 0 Å². The fourth-order valence-electron chi connectivity index (χ4n) is 2.76. The lowest BCUT2D eigenvalue weighted by molar-refractivity contribution is 0.104. The maximum absolute atomic E-state index is 10.7. The van der Waals surface area contributed by atoms with Crippen LogP contribution < -0.4 is 5.32 Å². The molecule has 0 amide bonds. The first-order valence-electron chi connectivity index (χ1n) is 7.90. The Morgan fingerprint density at radius 1 is 1.17 bits per heavy atom. The normalized spacial score (nSPS) is 14.3. The molecule has 0 aliphatic heterocycles. The van der Waals surface area contributed by atoms with Gasteiger partial charge in [0.1, 0.15) is 0 Å². The second-order valence-electron chi connectivity index (χ2n) is 6.07. The van der Waals surface area contributed by atoms with Crippen molar-refractivity contribution in [1.29, 1.82) is 0 Å². The molecule has 5 heteroatoms. The molecule has 2 N–H and O–H groups in total. The summed E-state index contributed by atoms with van der Waals surface area (Å²) in [7, 11) is 0. The number of hydrogen-bond acceptors (Lipinski definition) is 4. The van der Waals surface area contributed by atoms with Gasteiger partial charge < -0.3 is 10.4 Å². The third-order valence-corrected chi connectivity index (χ3v) is 4.00. The Kier molecular flexibility index (Phi) is 4.69. The smallest absolute Gasteiger partial charge is 0.233 e. The summed E-state index contributed by atoms with van der Waals surface area (Å²) in [6, 6.07) is 11.6. The molecule has 0 saturated heterocycles. The average Bonchev–Trinajstić information content (AvgIpc) is 2.98. The van der Waals surface area contributed by atoms with Crippen molar-refractivity contribution >= 4 is 5.78 Å². The van der Waals surface area contributed by atoms with E-state index in [2.05, 4.69) is 29.1 Å². The lowest BCUT2D eigenvalue weighted by atomic mass is 9.93. The number of hydrogen-bond donors (Lipinski definition) is 2. The Morgan fingerprint density at radius 2 is 1.96 bits per heavy atom. The summed E-state index contributed by atoms with van der Waals surface area (Å²) in [6.45, 7) is 4.81. The summed E-state index contributed by atoms with van der Waals surface area (Å²) in [4.78, 5) is 8.71. The number of imidazole rings is 1. The maximum atomic E-state index is 10.7. The molecule has 0 fully saturated rings. The van der Waals surface area contributed by atoms with Gasteiger partial charge in [-0.3, -0.25) is 4.40 Å². The zero-order valence-electron chi connectivity index (χ0n) is 13.4. The van der Waals surface area contributed by atoms with Crippen molar-refractivity contribution in [1.82, 2.24) is 19.7 Å². The highest BCUT2D eigenvalue weighted by Gasteiger charge is 2.23. The first-order chi connectivity index (χ1) is 11.1. The molecule has 0 aliphatic carbocycles. The molecule has 3 aromatic rings. The molecule has 3 rings (SSSR count). The molecule has 120 valence electrons. The predicted octanol–water partition coefficient (Wildman–Crippen LogP) is 2.58. The van der Waals surface area contributed by atoms with E-state index in [1.54, 1.807) is 6.20 Å². The molecule has 2 aromatic heterocycles. The SMILES string of the molecule is CC(C)C(NCc1cn2cccnc2n1)C(O)c1ccccc1. The number of aliphatic hydroxyl groups excluding tert-OH is 1. The topological polar surface area (TPSA) is 62.5 Å². The number of benzene rings is 1. The molecule has 0 radical (unpaired) electrons. The Morgan fingerprint density at radius 3 is 2.65 bits per heavy atom. The van der Waals surface area contributed by atoms with Gasteiger partial charge in [-0.1, -0.05) is 44.2 Å². The van der Waals surface area contributed by atoms with Crippen molar-refractivity contribution in [3.8, 4) is 0 Å². The van der Waals surface area contributed by atoms with Crippen LogP contribution in [-0.2, 0) is 6.54 Å². The third kappa shape index (κ3) is 3.57. The van der Waals surface area contributed by atoms with Crippen molar-refractivity contribution in [2.45, 2.75) is 32.5 Å². The summed E-state index contributed by atoms with van der Waals surface area (Å²) in [5.74, 6) is 0.981. The number of nitrogens with zero attached hydrogens (tertiary/aromatic N) is 3. The monoisotopic (exact) mass is 310 g/mol. The van der Waals surface area contributed by atoms with E-state index in [4.69, 9.17) is 0 Å². The van der Waals surface area contributed by atoms with Crippen LogP contribution >= 0.6 is 0 Å². The molecule has 2 unspecified atom stereocenters. The zero-order valence-corrected chi connectivity index (χ0v) is 13.4. The van der Waals surface area contributed by atoms with Gasteiger partial charge in [-0.25, -0.2) is 9.97 Å². The number of fused-ring (bicyclic) bond motifs is 1. The van der Waals surface area contributed by atoms with Crippen LogP contribution in [0.4, 0.5) is 0 Å². The van der Waals surface area contributed by atoms with E-state index in [0.717, 1.165) is 11.3 Å². The van der Waals surface area contributed by atoms with Gasteiger partial charge in [0.2, 0.25) is 5.78 Å². The van der Waals surface area contributed by atoms with Gasteiger partial charge in [0, 0.05) is 31.2 Å². The zero-order chi connectivity index (χ0) is 16.2. The molecule has 2 atom stereocenters. The summed E-state index contributed by atoms with van der Waals surface area (Å²) in [5.41, 5.74) is 1.84.